The normalized spacial score (nSPS) is 11.3. The van der Waals surface area contributed by atoms with Crippen LogP contribution in [-0.2, 0) is 4.79 Å². The summed E-state index contributed by atoms with van der Waals surface area (Å²) in [6, 6.07) is 22.7. The fraction of sp³-hybridized carbons (Fsp3) is 0.0909. The second-order valence-electron chi connectivity index (χ2n) is 6.02. The summed E-state index contributed by atoms with van der Waals surface area (Å²) in [5.41, 5.74) is 0.968. The molecule has 3 aromatic carbocycles. The van der Waals surface area contributed by atoms with E-state index >= 15 is 0 Å². The molecule has 0 aromatic heterocycles. The molecule has 0 spiro atoms. The number of carbonyl (C=O) groups is 2. The number of benzene rings is 3. The number of aliphatic carboxylic acids is 1. The molecular weight excluding hydrogens is 358 g/mol. The van der Waals surface area contributed by atoms with Crippen LogP contribution in [0.1, 0.15) is 17.3 Å². The fourth-order valence-electron chi connectivity index (χ4n) is 2.40. The minimum Gasteiger partial charge on any atom is -0.479 e. The average molecular weight is 377 g/mol. The molecule has 2 N–H and O–H groups in total. The van der Waals surface area contributed by atoms with E-state index in [9.17, 15) is 9.59 Å². The van der Waals surface area contributed by atoms with Gasteiger partial charge >= 0.3 is 5.97 Å². The van der Waals surface area contributed by atoms with Crippen molar-refractivity contribution < 1.29 is 24.2 Å². The summed E-state index contributed by atoms with van der Waals surface area (Å²) in [4.78, 5) is 23.3. The third kappa shape index (κ3) is 5.11. The van der Waals surface area contributed by atoms with Crippen molar-refractivity contribution >= 4 is 17.6 Å². The fourth-order valence-corrected chi connectivity index (χ4v) is 2.40. The lowest BCUT2D eigenvalue weighted by Gasteiger charge is -2.12. The molecule has 0 radical (unpaired) electrons. The second-order valence-corrected chi connectivity index (χ2v) is 6.02. The zero-order chi connectivity index (χ0) is 19.9. The molecular formula is C22H19NO5. The zero-order valence-corrected chi connectivity index (χ0v) is 15.2. The molecule has 0 aliphatic heterocycles. The van der Waals surface area contributed by atoms with Gasteiger partial charge in [0.1, 0.15) is 17.2 Å². The molecule has 142 valence electrons. The van der Waals surface area contributed by atoms with Gasteiger partial charge < -0.3 is 19.9 Å². The first kappa shape index (κ1) is 19.0. The van der Waals surface area contributed by atoms with Crippen LogP contribution in [0.3, 0.4) is 0 Å². The molecule has 0 fully saturated rings. The number of hydrogen-bond acceptors (Lipinski definition) is 4. The van der Waals surface area contributed by atoms with Gasteiger partial charge in [0, 0.05) is 17.3 Å². The van der Waals surface area contributed by atoms with Crippen LogP contribution in [0, 0.1) is 0 Å². The minimum atomic E-state index is -1.06. The topological polar surface area (TPSA) is 84.9 Å². The van der Waals surface area contributed by atoms with E-state index in [0.29, 0.717) is 28.5 Å². The first-order valence-corrected chi connectivity index (χ1v) is 8.65. The highest BCUT2D eigenvalue weighted by Crippen LogP contribution is 2.22. The number of hydrogen-bond donors (Lipinski definition) is 2. The van der Waals surface area contributed by atoms with Crippen molar-refractivity contribution in [3.05, 3.63) is 84.4 Å². The summed E-state index contributed by atoms with van der Waals surface area (Å²) >= 11 is 0. The largest absolute Gasteiger partial charge is 0.479 e. The van der Waals surface area contributed by atoms with E-state index < -0.39 is 12.1 Å². The van der Waals surface area contributed by atoms with E-state index in [4.69, 9.17) is 14.6 Å². The Hall–Kier alpha value is -3.80. The quantitative estimate of drug-likeness (QED) is 0.629. The van der Waals surface area contributed by atoms with Crippen LogP contribution in [0.25, 0.3) is 0 Å². The van der Waals surface area contributed by atoms with Gasteiger partial charge in [-0.05, 0) is 55.5 Å². The van der Waals surface area contributed by atoms with Crippen LogP contribution in [0.5, 0.6) is 17.2 Å². The molecule has 1 atom stereocenters. The summed E-state index contributed by atoms with van der Waals surface area (Å²) in [6.45, 7) is 1.44. The maximum Gasteiger partial charge on any atom is 0.344 e. The van der Waals surface area contributed by atoms with Crippen molar-refractivity contribution in [1.82, 2.24) is 0 Å². The van der Waals surface area contributed by atoms with E-state index in [1.807, 2.05) is 30.3 Å². The number of carbonyl (C=O) groups excluding carboxylic acids is 1. The SMILES string of the molecule is CC(Oc1cccc(NC(=O)c2ccc(Oc3ccccc3)cc2)c1)C(=O)O. The van der Waals surface area contributed by atoms with Crippen molar-refractivity contribution in [2.75, 3.05) is 5.32 Å². The summed E-state index contributed by atoms with van der Waals surface area (Å²) in [5, 5.41) is 11.7. The second kappa shape index (κ2) is 8.73. The van der Waals surface area contributed by atoms with Crippen molar-refractivity contribution in [3.63, 3.8) is 0 Å². The molecule has 0 aliphatic rings. The summed E-state index contributed by atoms with van der Waals surface area (Å²) in [5.74, 6) is 0.342. The van der Waals surface area contributed by atoms with Gasteiger partial charge in [-0.2, -0.15) is 0 Å². The molecule has 0 bridgehead atoms. The number of rotatable bonds is 7. The van der Waals surface area contributed by atoms with Crippen LogP contribution in [-0.4, -0.2) is 23.1 Å². The highest BCUT2D eigenvalue weighted by atomic mass is 16.5. The van der Waals surface area contributed by atoms with E-state index in [1.54, 1.807) is 48.5 Å². The minimum absolute atomic E-state index is 0.297. The van der Waals surface area contributed by atoms with Gasteiger partial charge in [0.25, 0.3) is 5.91 Å². The molecule has 6 nitrogen and oxygen atoms in total. The third-order valence-corrected chi connectivity index (χ3v) is 3.85. The van der Waals surface area contributed by atoms with Crippen LogP contribution in [0.2, 0.25) is 0 Å². The molecule has 3 aromatic rings. The number of carboxylic acid groups (broad SMARTS) is 1. The predicted octanol–water partition coefficient (Wildman–Crippen LogP) is 4.58. The smallest absolute Gasteiger partial charge is 0.344 e. The van der Waals surface area contributed by atoms with Crippen LogP contribution in [0.4, 0.5) is 5.69 Å². The first-order valence-electron chi connectivity index (χ1n) is 8.65. The van der Waals surface area contributed by atoms with Crippen molar-refractivity contribution in [2.24, 2.45) is 0 Å². The van der Waals surface area contributed by atoms with Gasteiger partial charge in [-0.25, -0.2) is 4.79 Å². The van der Waals surface area contributed by atoms with Crippen molar-refractivity contribution in [1.29, 1.82) is 0 Å². The maximum absolute atomic E-state index is 12.4. The number of ether oxygens (including phenoxy) is 2. The lowest BCUT2D eigenvalue weighted by molar-refractivity contribution is -0.144. The number of carboxylic acids is 1. The summed E-state index contributed by atoms with van der Waals surface area (Å²) in [6.07, 6.45) is -0.983. The van der Waals surface area contributed by atoms with Gasteiger partial charge in [0.15, 0.2) is 6.10 Å². The average Bonchev–Trinajstić information content (AvgIpc) is 2.69. The summed E-state index contributed by atoms with van der Waals surface area (Å²) in [7, 11) is 0. The number of para-hydroxylation sites is 1. The highest BCUT2D eigenvalue weighted by molar-refractivity contribution is 6.04. The van der Waals surface area contributed by atoms with Gasteiger partial charge in [0.05, 0.1) is 0 Å². The van der Waals surface area contributed by atoms with Crippen molar-refractivity contribution in [2.45, 2.75) is 13.0 Å². The van der Waals surface area contributed by atoms with Gasteiger partial charge in [-0.1, -0.05) is 24.3 Å². The predicted molar refractivity (Wildman–Crippen MR) is 105 cm³/mol. The lowest BCUT2D eigenvalue weighted by atomic mass is 10.2. The molecule has 0 saturated heterocycles. The molecule has 28 heavy (non-hydrogen) atoms. The molecule has 1 amide bonds. The molecule has 0 heterocycles. The molecule has 3 rings (SSSR count). The Kier molecular flexibility index (Phi) is 5.91. The Morgan fingerprint density at radius 2 is 1.50 bits per heavy atom. The van der Waals surface area contributed by atoms with Crippen molar-refractivity contribution in [3.8, 4) is 17.2 Å². The number of anilines is 1. The van der Waals surface area contributed by atoms with E-state index in [2.05, 4.69) is 5.32 Å². The molecule has 1 unspecified atom stereocenters. The Morgan fingerprint density at radius 3 is 2.18 bits per heavy atom. The molecule has 6 heteroatoms. The monoisotopic (exact) mass is 377 g/mol. The third-order valence-electron chi connectivity index (χ3n) is 3.85. The van der Waals surface area contributed by atoms with Crippen LogP contribution >= 0.6 is 0 Å². The number of amides is 1. The molecule has 0 saturated carbocycles. The van der Waals surface area contributed by atoms with Gasteiger partial charge in [0.2, 0.25) is 0 Å². The van der Waals surface area contributed by atoms with E-state index in [-0.39, 0.29) is 5.91 Å². The van der Waals surface area contributed by atoms with Gasteiger partial charge in [-0.3, -0.25) is 4.79 Å². The molecule has 0 aliphatic carbocycles. The standard InChI is InChI=1S/C22H19NO5/c1-15(22(25)26)27-20-9-5-6-17(14-20)23-21(24)16-10-12-19(13-11-16)28-18-7-3-2-4-8-18/h2-15H,1H3,(H,23,24)(H,25,26). The summed E-state index contributed by atoms with van der Waals surface area (Å²) < 4.78 is 11.0. The number of nitrogens with one attached hydrogen (secondary N) is 1. The van der Waals surface area contributed by atoms with Crippen LogP contribution < -0.4 is 14.8 Å². The van der Waals surface area contributed by atoms with Gasteiger partial charge in [-0.15, -0.1) is 0 Å². The Balaban J connectivity index is 1.64. The Morgan fingerprint density at radius 1 is 0.857 bits per heavy atom. The Labute approximate surface area is 162 Å². The van der Waals surface area contributed by atoms with E-state index in [1.165, 1.54) is 6.92 Å². The van der Waals surface area contributed by atoms with E-state index in [0.717, 1.165) is 0 Å². The lowest BCUT2D eigenvalue weighted by Crippen LogP contribution is -2.22. The first-order chi connectivity index (χ1) is 13.5. The highest BCUT2D eigenvalue weighted by Gasteiger charge is 2.13. The zero-order valence-electron chi connectivity index (χ0n) is 15.2. The Bertz CT molecular complexity index is 954. The maximum atomic E-state index is 12.4. The van der Waals surface area contributed by atoms with Crippen LogP contribution in [0.15, 0.2) is 78.9 Å².